The largest absolute Gasteiger partial charge is 0.425 e. The van der Waals surface area contributed by atoms with E-state index in [1.54, 1.807) is 0 Å². The second kappa shape index (κ2) is 2.94. The van der Waals surface area contributed by atoms with Crippen molar-refractivity contribution in [3.63, 3.8) is 0 Å². The third-order valence-corrected chi connectivity index (χ3v) is 2.21. The Hall–Kier alpha value is -2.11. The second-order valence-electron chi connectivity index (χ2n) is 3.11. The summed E-state index contributed by atoms with van der Waals surface area (Å²) in [5, 5.41) is 9.31. The van der Waals surface area contributed by atoms with Gasteiger partial charge in [0.2, 0.25) is 0 Å². The number of benzene rings is 1. The topological polar surface area (TPSA) is 64.2 Å². The van der Waals surface area contributed by atoms with Crippen LogP contribution in [0.2, 0.25) is 0 Å². The van der Waals surface area contributed by atoms with Gasteiger partial charge in [-0.3, -0.25) is 9.59 Å². The van der Waals surface area contributed by atoms with Gasteiger partial charge in [-0.05, 0) is 12.1 Å². The summed E-state index contributed by atoms with van der Waals surface area (Å²) in [6.07, 6.45) is 0. The molecule has 0 atom stereocenters. The van der Waals surface area contributed by atoms with Crippen molar-refractivity contribution in [1.29, 1.82) is 0 Å². The van der Waals surface area contributed by atoms with Gasteiger partial charge in [0.05, 0.1) is 5.52 Å². The molecule has 0 fully saturated rings. The Kier molecular flexibility index (Phi) is 1.85. The van der Waals surface area contributed by atoms with E-state index >= 15 is 0 Å². The van der Waals surface area contributed by atoms with Crippen LogP contribution in [0.5, 0.6) is 0 Å². The molecule has 0 aliphatic carbocycles. The molecule has 1 aromatic heterocycles. The van der Waals surface area contributed by atoms with E-state index in [0.29, 0.717) is 0 Å². The van der Waals surface area contributed by atoms with E-state index in [2.05, 4.69) is 0 Å². The molecule has 0 spiro atoms. The van der Waals surface area contributed by atoms with Gasteiger partial charge in [0, 0.05) is 13.1 Å². The zero-order valence-electron chi connectivity index (χ0n) is 7.77. The molecule has 78 valence electrons. The molecule has 0 aliphatic rings. The quantitative estimate of drug-likeness (QED) is 0.494. The normalized spacial score (nSPS) is 10.8. The predicted molar refractivity (Wildman–Crippen MR) is 50.6 cm³/mol. The molecule has 0 bridgehead atoms. The molecule has 1 N–H and O–H groups in total. The van der Waals surface area contributed by atoms with Gasteiger partial charge in [-0.1, -0.05) is 0 Å². The Bertz CT molecular complexity index is 657. The minimum absolute atomic E-state index is 0.0397. The summed E-state index contributed by atoms with van der Waals surface area (Å²) in [6.45, 7) is 0. The van der Waals surface area contributed by atoms with Crippen molar-refractivity contribution in [2.75, 3.05) is 0 Å². The van der Waals surface area contributed by atoms with Crippen LogP contribution in [0, 0.1) is 5.82 Å². The Morgan fingerprint density at radius 2 is 1.87 bits per heavy atom. The number of aromatic nitrogens is 2. The lowest BCUT2D eigenvalue weighted by molar-refractivity contribution is 0.185. The fourth-order valence-corrected chi connectivity index (χ4v) is 1.40. The number of hydrogen-bond donors (Lipinski definition) is 1. The van der Waals surface area contributed by atoms with Gasteiger partial charge in [-0.25, -0.2) is 4.39 Å². The van der Waals surface area contributed by atoms with E-state index < -0.39 is 16.9 Å². The lowest BCUT2D eigenvalue weighted by Gasteiger charge is -2.06. The smallest absolute Gasteiger partial charge is 0.349 e. The number of rotatable bonds is 0. The number of nitrogens with zero attached hydrogens (tertiary/aromatic N) is 2. The van der Waals surface area contributed by atoms with E-state index in [4.69, 9.17) is 0 Å². The molecule has 2 rings (SSSR count). The number of halogens is 1. The molecule has 15 heavy (non-hydrogen) atoms. The minimum Gasteiger partial charge on any atom is -0.425 e. The lowest BCUT2D eigenvalue weighted by Crippen LogP contribution is -2.39. The highest BCUT2D eigenvalue weighted by molar-refractivity contribution is 5.74. The fourth-order valence-electron chi connectivity index (χ4n) is 1.40. The standard InChI is InChI=1S/C9H7FN2O3/c1-11-6-3-2-5(10)4-7(6)12(15)9(14)8(11)13/h2-4,15H,1H3. The van der Waals surface area contributed by atoms with Crippen molar-refractivity contribution in [3.05, 3.63) is 44.7 Å². The highest BCUT2D eigenvalue weighted by Crippen LogP contribution is 2.10. The van der Waals surface area contributed by atoms with Crippen molar-refractivity contribution < 1.29 is 9.60 Å². The van der Waals surface area contributed by atoms with Crippen LogP contribution in [0.15, 0.2) is 27.8 Å². The first-order chi connectivity index (χ1) is 7.02. The molecule has 6 heteroatoms. The van der Waals surface area contributed by atoms with Gasteiger partial charge < -0.3 is 9.77 Å². The van der Waals surface area contributed by atoms with Crippen molar-refractivity contribution in [3.8, 4) is 0 Å². The second-order valence-corrected chi connectivity index (χ2v) is 3.11. The van der Waals surface area contributed by atoms with Crippen LogP contribution in [-0.4, -0.2) is 14.5 Å². The van der Waals surface area contributed by atoms with Crippen molar-refractivity contribution in [2.24, 2.45) is 7.05 Å². The summed E-state index contributed by atoms with van der Waals surface area (Å²) in [5.74, 6) is -0.594. The highest BCUT2D eigenvalue weighted by atomic mass is 19.1. The molecule has 1 aromatic carbocycles. The molecule has 0 aliphatic heterocycles. The number of aryl methyl sites for hydroxylation is 1. The molecule has 2 aromatic rings. The van der Waals surface area contributed by atoms with Gasteiger partial charge in [0.1, 0.15) is 11.3 Å². The van der Waals surface area contributed by atoms with Gasteiger partial charge in [0.25, 0.3) is 0 Å². The maximum absolute atomic E-state index is 12.9. The van der Waals surface area contributed by atoms with E-state index in [9.17, 15) is 19.2 Å². The van der Waals surface area contributed by atoms with Crippen LogP contribution in [0.4, 0.5) is 4.39 Å². The SMILES string of the molecule is Cn1c(=O)c(=O)n(O)c2cc(F)ccc21. The molecule has 0 unspecified atom stereocenters. The summed E-state index contributed by atoms with van der Waals surface area (Å²) in [5.41, 5.74) is -1.72. The van der Waals surface area contributed by atoms with E-state index in [0.717, 1.165) is 16.7 Å². The monoisotopic (exact) mass is 210 g/mol. The van der Waals surface area contributed by atoms with Crippen LogP contribution in [0.25, 0.3) is 11.0 Å². The maximum Gasteiger partial charge on any atom is 0.349 e. The molecular formula is C9H7FN2O3. The van der Waals surface area contributed by atoms with Crippen molar-refractivity contribution in [2.45, 2.75) is 0 Å². The van der Waals surface area contributed by atoms with Gasteiger partial charge in [0.15, 0.2) is 0 Å². The Morgan fingerprint density at radius 3 is 2.53 bits per heavy atom. The zero-order valence-corrected chi connectivity index (χ0v) is 7.77. The molecule has 0 saturated carbocycles. The van der Waals surface area contributed by atoms with Crippen molar-refractivity contribution in [1.82, 2.24) is 9.30 Å². The first kappa shape index (κ1) is 9.45. The Labute approximate surface area is 82.6 Å². The molecule has 0 amide bonds. The minimum atomic E-state index is -1.10. The molecule has 0 radical (unpaired) electrons. The third kappa shape index (κ3) is 1.22. The number of hydrogen-bond acceptors (Lipinski definition) is 3. The van der Waals surface area contributed by atoms with Crippen molar-refractivity contribution >= 4 is 11.0 Å². The highest BCUT2D eigenvalue weighted by Gasteiger charge is 2.10. The summed E-state index contributed by atoms with van der Waals surface area (Å²) in [4.78, 5) is 22.4. The Balaban J connectivity index is 3.15. The van der Waals surface area contributed by atoms with Gasteiger partial charge in [-0.15, -0.1) is 4.73 Å². The van der Waals surface area contributed by atoms with Crippen LogP contribution < -0.4 is 11.1 Å². The van der Waals surface area contributed by atoms with E-state index in [1.165, 1.54) is 13.1 Å². The average Bonchev–Trinajstić information content (AvgIpc) is 2.23. The van der Waals surface area contributed by atoms with Crippen LogP contribution in [0.1, 0.15) is 0 Å². The zero-order chi connectivity index (χ0) is 11.2. The van der Waals surface area contributed by atoms with Crippen LogP contribution in [-0.2, 0) is 7.05 Å². The third-order valence-electron chi connectivity index (χ3n) is 2.21. The first-order valence-corrected chi connectivity index (χ1v) is 4.13. The molecule has 1 heterocycles. The number of fused-ring (bicyclic) bond motifs is 1. The van der Waals surface area contributed by atoms with E-state index in [1.807, 2.05) is 0 Å². The predicted octanol–water partition coefficient (Wildman–Crippen LogP) is 0.0766. The molecular weight excluding hydrogens is 203 g/mol. The van der Waals surface area contributed by atoms with Gasteiger partial charge >= 0.3 is 11.1 Å². The summed E-state index contributed by atoms with van der Waals surface area (Å²) in [7, 11) is 1.38. The summed E-state index contributed by atoms with van der Waals surface area (Å²) < 4.78 is 14.1. The first-order valence-electron chi connectivity index (χ1n) is 4.13. The van der Waals surface area contributed by atoms with Crippen LogP contribution >= 0.6 is 0 Å². The molecule has 5 nitrogen and oxygen atoms in total. The molecule has 0 saturated heterocycles. The fraction of sp³-hybridized carbons (Fsp3) is 0.111. The van der Waals surface area contributed by atoms with E-state index in [-0.39, 0.29) is 15.8 Å². The maximum atomic E-state index is 12.9. The lowest BCUT2D eigenvalue weighted by atomic mass is 10.3. The van der Waals surface area contributed by atoms with Crippen LogP contribution in [0.3, 0.4) is 0 Å². The summed E-state index contributed by atoms with van der Waals surface area (Å²) in [6, 6.07) is 3.45. The Morgan fingerprint density at radius 1 is 1.20 bits per heavy atom. The average molecular weight is 210 g/mol. The summed E-state index contributed by atoms with van der Waals surface area (Å²) >= 11 is 0. The van der Waals surface area contributed by atoms with Gasteiger partial charge in [-0.2, -0.15) is 0 Å².